The Labute approximate surface area is 210 Å². The molecule has 0 atom stereocenters. The molecular formula is C29H25FeO2P+. The van der Waals surface area contributed by atoms with Crippen LogP contribution < -0.4 is 15.9 Å². The number of allylic oxidation sites excluding steroid dienone is 3. The molecule has 1 aliphatic rings. The second kappa shape index (κ2) is 21.4. The van der Waals surface area contributed by atoms with Crippen molar-refractivity contribution in [2.75, 3.05) is 0 Å². The maximum Gasteiger partial charge on any atom is 2.00 e. The van der Waals surface area contributed by atoms with Crippen molar-refractivity contribution in [3.63, 3.8) is 0 Å². The van der Waals surface area contributed by atoms with Crippen molar-refractivity contribution in [3.8, 4) is 0 Å². The van der Waals surface area contributed by atoms with Gasteiger partial charge in [-0.05, 0) is 62.2 Å². The van der Waals surface area contributed by atoms with Crippen LogP contribution in [0.2, 0.25) is 0 Å². The van der Waals surface area contributed by atoms with Gasteiger partial charge >= 0.3 is 28.4 Å². The van der Waals surface area contributed by atoms with Crippen LogP contribution >= 0.6 is 7.92 Å². The van der Waals surface area contributed by atoms with Crippen molar-refractivity contribution in [2.24, 2.45) is 0 Å². The van der Waals surface area contributed by atoms with Crippen LogP contribution in [0.15, 0.2) is 116 Å². The molecule has 2 nitrogen and oxygen atoms in total. The van der Waals surface area contributed by atoms with Crippen LogP contribution in [0.3, 0.4) is 0 Å². The van der Waals surface area contributed by atoms with Gasteiger partial charge in [-0.2, -0.15) is 12.2 Å². The standard InChI is InChI=1S/C18H15P.C5H5O.C5H5.CO.Fe/c1-4-10-16(11-5-1)19(17-12-6-2-7-13-17)18-14-8-3-9-15-18;1-2-3-4-5-6;1-2-4-5-3-1;1-2;/h1-15H;2-4H,1H2;1-5H;;/q;-1;;;+2/b;4-3-;;;. The molecule has 0 heterocycles. The van der Waals surface area contributed by atoms with Crippen LogP contribution in [0.4, 0.5) is 0 Å². The van der Waals surface area contributed by atoms with E-state index in [1.165, 1.54) is 34.1 Å². The third kappa shape index (κ3) is 13.0. The van der Waals surface area contributed by atoms with Gasteiger partial charge in [0.1, 0.15) is 0 Å². The zero-order valence-electron chi connectivity index (χ0n) is 18.1. The van der Waals surface area contributed by atoms with Crippen molar-refractivity contribution < 1.29 is 26.5 Å². The fourth-order valence-electron chi connectivity index (χ4n) is 2.61. The van der Waals surface area contributed by atoms with E-state index in [1.807, 2.05) is 32.1 Å². The van der Waals surface area contributed by atoms with E-state index < -0.39 is 7.92 Å². The summed E-state index contributed by atoms with van der Waals surface area (Å²) in [5.74, 6) is 0. The third-order valence-corrected chi connectivity index (χ3v) is 6.34. The topological polar surface area (TPSA) is 37.0 Å². The molecule has 0 amide bonds. The number of rotatable bonds is 5. The molecule has 0 unspecified atom stereocenters. The Morgan fingerprint density at radius 1 is 0.667 bits per heavy atom. The normalized spacial score (nSPS) is 11.4. The average molecular weight is 492 g/mol. The predicted molar refractivity (Wildman–Crippen MR) is 136 cm³/mol. The van der Waals surface area contributed by atoms with Gasteiger partial charge in [-0.25, -0.2) is 6.08 Å². The maximum absolute atomic E-state index is 9.30. The van der Waals surface area contributed by atoms with Gasteiger partial charge < -0.3 is 4.79 Å². The Morgan fingerprint density at radius 2 is 0.970 bits per heavy atom. The van der Waals surface area contributed by atoms with Crippen LogP contribution in [0.5, 0.6) is 0 Å². The van der Waals surface area contributed by atoms with E-state index in [0.29, 0.717) is 0 Å². The van der Waals surface area contributed by atoms with E-state index in [4.69, 9.17) is 4.65 Å². The zero-order valence-corrected chi connectivity index (χ0v) is 20.1. The Balaban J connectivity index is 0.000000607. The van der Waals surface area contributed by atoms with Gasteiger partial charge in [-0.1, -0.05) is 91.0 Å². The second-order valence-corrected chi connectivity index (χ2v) is 8.24. The summed E-state index contributed by atoms with van der Waals surface area (Å²) >= 11 is 0. The van der Waals surface area contributed by atoms with Crippen LogP contribution in [0.25, 0.3) is 0 Å². The van der Waals surface area contributed by atoms with Crippen molar-refractivity contribution in [1.82, 2.24) is 0 Å². The zero-order chi connectivity index (χ0) is 23.3. The number of carbonyl (C=O) groups excluding carboxylic acids is 1. The molecule has 4 rings (SSSR count). The summed E-state index contributed by atoms with van der Waals surface area (Å²) in [5.41, 5.74) is 0. The summed E-state index contributed by atoms with van der Waals surface area (Å²) < 4.78 is 7.50. The first-order valence-electron chi connectivity index (χ1n) is 9.84. The molecule has 0 bridgehead atoms. The van der Waals surface area contributed by atoms with Crippen molar-refractivity contribution >= 4 is 30.1 Å². The molecule has 1 saturated carbocycles. The van der Waals surface area contributed by atoms with Crippen molar-refractivity contribution in [3.05, 3.63) is 155 Å². The first-order valence-corrected chi connectivity index (χ1v) is 11.2. The van der Waals surface area contributed by atoms with E-state index in [9.17, 15) is 4.79 Å². The summed E-state index contributed by atoms with van der Waals surface area (Å²) in [4.78, 5) is 9.30. The van der Waals surface area contributed by atoms with Gasteiger partial charge in [0.25, 0.3) is 0 Å². The molecular weight excluding hydrogens is 467 g/mol. The molecule has 3 aromatic rings. The maximum atomic E-state index is 9.30. The minimum Gasteiger partial charge on any atom is -0.0622 e. The molecule has 3 aromatic carbocycles. The number of benzene rings is 3. The molecule has 0 saturated heterocycles. The smallest absolute Gasteiger partial charge is 0.0622 e. The van der Waals surface area contributed by atoms with E-state index in [1.54, 1.807) is 6.29 Å². The van der Waals surface area contributed by atoms with Crippen molar-refractivity contribution in [2.45, 2.75) is 0 Å². The molecule has 5 radical (unpaired) electrons. The van der Waals surface area contributed by atoms with Crippen LogP contribution in [0, 0.1) is 38.8 Å². The molecule has 33 heavy (non-hydrogen) atoms. The van der Waals surface area contributed by atoms with Crippen molar-refractivity contribution in [1.29, 1.82) is 0 Å². The van der Waals surface area contributed by atoms with E-state index in [0.717, 1.165) is 0 Å². The first-order chi connectivity index (χ1) is 15.9. The quantitative estimate of drug-likeness (QED) is 0.120. The molecule has 165 valence electrons. The molecule has 0 spiro atoms. The SMILES string of the molecule is C=C/C=C\[C-]=O.[C-]#[O+].[CH]1[CH][CH][CH][CH]1.[Fe+2].c1ccc(P(c2ccccc2)c2ccccc2)cc1. The van der Waals surface area contributed by atoms with Crippen LogP contribution in [-0.2, 0) is 26.5 Å². The van der Waals surface area contributed by atoms with Gasteiger partial charge in [0, 0.05) is 0 Å². The summed E-state index contributed by atoms with van der Waals surface area (Å²) in [6, 6.07) is 32.3. The largest absolute Gasteiger partial charge is 2.00 e. The summed E-state index contributed by atoms with van der Waals surface area (Å²) in [7, 11) is -0.446. The number of hydrogen-bond acceptors (Lipinski definition) is 1. The van der Waals surface area contributed by atoms with Crippen LogP contribution in [-0.4, -0.2) is 6.29 Å². The molecule has 1 aliphatic carbocycles. The number of hydrogen-bond donors (Lipinski definition) is 0. The Morgan fingerprint density at radius 3 is 1.18 bits per heavy atom. The summed E-state index contributed by atoms with van der Waals surface area (Å²) in [6.45, 7) is 7.83. The minimum absolute atomic E-state index is 0. The second-order valence-electron chi connectivity index (χ2n) is 6.02. The molecule has 0 aromatic heterocycles. The summed E-state index contributed by atoms with van der Waals surface area (Å²) in [5, 5.41) is 4.19. The van der Waals surface area contributed by atoms with Gasteiger partial charge in [0.15, 0.2) is 0 Å². The third-order valence-electron chi connectivity index (χ3n) is 3.90. The fourth-order valence-corrected chi connectivity index (χ4v) is 4.91. The first kappa shape index (κ1) is 30.5. The Kier molecular flexibility index (Phi) is 19.7. The molecule has 1 fully saturated rings. The van der Waals surface area contributed by atoms with Gasteiger partial charge in [0.05, 0.1) is 0 Å². The van der Waals surface area contributed by atoms with E-state index in [2.05, 4.69) is 104 Å². The Bertz CT molecular complexity index is 794. The average Bonchev–Trinajstić information content (AvgIpc) is 3.47. The van der Waals surface area contributed by atoms with Gasteiger partial charge in [-0.15, -0.1) is 6.58 Å². The summed E-state index contributed by atoms with van der Waals surface area (Å²) in [6.07, 6.45) is 15.9. The van der Waals surface area contributed by atoms with Gasteiger partial charge in [0.2, 0.25) is 0 Å². The minimum atomic E-state index is -0.446. The Hall–Kier alpha value is -2.50. The molecule has 0 aliphatic heterocycles. The van der Waals surface area contributed by atoms with E-state index >= 15 is 0 Å². The molecule has 4 heteroatoms. The fraction of sp³-hybridized carbons (Fsp3) is 0. The van der Waals surface area contributed by atoms with Crippen LogP contribution in [0.1, 0.15) is 0 Å². The van der Waals surface area contributed by atoms with Gasteiger partial charge in [-0.3, -0.25) is 0 Å². The monoisotopic (exact) mass is 492 g/mol. The molecule has 0 N–H and O–H groups in total. The predicted octanol–water partition coefficient (Wildman–Crippen LogP) is 5.26. The van der Waals surface area contributed by atoms with E-state index in [-0.39, 0.29) is 17.1 Å².